The van der Waals surface area contributed by atoms with Crippen LogP contribution < -0.4 is 15.8 Å². The van der Waals surface area contributed by atoms with Crippen molar-refractivity contribution in [1.82, 2.24) is 9.55 Å². The van der Waals surface area contributed by atoms with Gasteiger partial charge in [-0.15, -0.1) is 0 Å². The summed E-state index contributed by atoms with van der Waals surface area (Å²) in [7, 11) is 0. The van der Waals surface area contributed by atoms with Crippen LogP contribution in [0.4, 0.5) is 24.5 Å². The fourth-order valence-corrected chi connectivity index (χ4v) is 4.93. The van der Waals surface area contributed by atoms with E-state index in [9.17, 15) is 18.0 Å². The van der Waals surface area contributed by atoms with E-state index in [4.69, 9.17) is 4.42 Å². The molecule has 1 aliphatic rings. The van der Waals surface area contributed by atoms with Crippen LogP contribution in [0.15, 0.2) is 70.5 Å². The van der Waals surface area contributed by atoms with Gasteiger partial charge in [-0.2, -0.15) is 13.2 Å². The molecule has 198 valence electrons. The zero-order valence-electron chi connectivity index (χ0n) is 21.3. The summed E-state index contributed by atoms with van der Waals surface area (Å²) in [6.45, 7) is 5.85. The average Bonchev–Trinajstić information content (AvgIpc) is 3.64. The standard InChI is InChI=1S/C29H29F3N4O2/c1-3-19-11-20(13-21(12-19)27-16-33-18-38-27)22-14-25(34-4-2)28(37)36(17-22)26-15-23(35-9-5-6-10-35)7-8-24(26)29(30,31)32/h7-8,11-18,34H,3-6,9-10H2,1-2H3. The monoisotopic (exact) mass is 522 g/mol. The molecule has 2 aromatic heterocycles. The number of benzene rings is 2. The number of aromatic nitrogens is 2. The second kappa shape index (κ2) is 10.4. The Morgan fingerprint density at radius 3 is 2.42 bits per heavy atom. The molecule has 0 unspecified atom stereocenters. The molecule has 5 rings (SSSR count). The van der Waals surface area contributed by atoms with E-state index in [2.05, 4.69) is 15.2 Å². The quantitative estimate of drug-likeness (QED) is 0.290. The van der Waals surface area contributed by atoms with Gasteiger partial charge in [0.2, 0.25) is 0 Å². The van der Waals surface area contributed by atoms with Gasteiger partial charge in [-0.25, -0.2) is 4.98 Å². The van der Waals surface area contributed by atoms with Crippen molar-refractivity contribution >= 4 is 11.4 Å². The second-order valence-electron chi connectivity index (χ2n) is 9.38. The third-order valence-corrected chi connectivity index (χ3v) is 6.85. The minimum Gasteiger partial charge on any atom is -0.444 e. The number of hydrogen-bond donors (Lipinski definition) is 1. The Hall–Kier alpha value is -4.01. The predicted octanol–water partition coefficient (Wildman–Crippen LogP) is 6.77. The average molecular weight is 523 g/mol. The Morgan fingerprint density at radius 2 is 1.76 bits per heavy atom. The van der Waals surface area contributed by atoms with E-state index in [0.29, 0.717) is 23.6 Å². The molecule has 6 nitrogen and oxygen atoms in total. The number of anilines is 2. The maximum atomic E-state index is 14.2. The van der Waals surface area contributed by atoms with Crippen LogP contribution in [0.2, 0.25) is 0 Å². The molecule has 0 saturated carbocycles. The lowest BCUT2D eigenvalue weighted by Crippen LogP contribution is -2.25. The van der Waals surface area contributed by atoms with Crippen molar-refractivity contribution < 1.29 is 17.6 Å². The molecule has 1 N–H and O–H groups in total. The highest BCUT2D eigenvalue weighted by atomic mass is 19.4. The number of pyridine rings is 1. The minimum absolute atomic E-state index is 0.185. The summed E-state index contributed by atoms with van der Waals surface area (Å²) < 4.78 is 49.2. The van der Waals surface area contributed by atoms with Crippen LogP contribution in [-0.2, 0) is 12.6 Å². The number of oxazole rings is 1. The highest BCUT2D eigenvalue weighted by Gasteiger charge is 2.35. The SMILES string of the molecule is CCNc1cc(-c2cc(CC)cc(-c3cnco3)c2)cn(-c2cc(N3CCCC3)ccc2C(F)(F)F)c1=O. The number of hydrogen-bond acceptors (Lipinski definition) is 5. The zero-order chi connectivity index (χ0) is 26.9. The van der Waals surface area contributed by atoms with Crippen molar-refractivity contribution in [2.24, 2.45) is 0 Å². The first-order valence-corrected chi connectivity index (χ1v) is 12.8. The van der Waals surface area contributed by atoms with Gasteiger partial charge in [0, 0.05) is 42.6 Å². The van der Waals surface area contributed by atoms with E-state index in [-0.39, 0.29) is 11.4 Å². The van der Waals surface area contributed by atoms with Crippen LogP contribution in [0.25, 0.3) is 28.1 Å². The molecule has 1 aliphatic heterocycles. The molecule has 0 spiro atoms. The van der Waals surface area contributed by atoms with Gasteiger partial charge in [0.05, 0.1) is 17.4 Å². The van der Waals surface area contributed by atoms with Crippen LogP contribution in [0.3, 0.4) is 0 Å². The molecule has 0 bridgehead atoms. The fraction of sp³-hybridized carbons (Fsp3) is 0.310. The number of halogens is 3. The predicted molar refractivity (Wildman–Crippen MR) is 143 cm³/mol. The van der Waals surface area contributed by atoms with Crippen LogP contribution >= 0.6 is 0 Å². The maximum absolute atomic E-state index is 14.2. The molecule has 0 atom stereocenters. The minimum atomic E-state index is -4.63. The van der Waals surface area contributed by atoms with Gasteiger partial charge in [-0.05, 0) is 73.7 Å². The van der Waals surface area contributed by atoms with Gasteiger partial charge in [0.1, 0.15) is 5.69 Å². The van der Waals surface area contributed by atoms with Crippen molar-refractivity contribution in [2.45, 2.75) is 39.3 Å². The molecule has 2 aromatic carbocycles. The molecular weight excluding hydrogens is 493 g/mol. The van der Waals surface area contributed by atoms with Crippen molar-refractivity contribution in [3.8, 4) is 28.1 Å². The van der Waals surface area contributed by atoms with Crippen LogP contribution in [0.5, 0.6) is 0 Å². The second-order valence-corrected chi connectivity index (χ2v) is 9.38. The molecule has 0 amide bonds. The van der Waals surface area contributed by atoms with E-state index in [1.807, 2.05) is 32.0 Å². The van der Waals surface area contributed by atoms with Crippen molar-refractivity contribution in [3.63, 3.8) is 0 Å². The molecule has 1 fully saturated rings. The summed E-state index contributed by atoms with van der Waals surface area (Å²) in [5, 5.41) is 3.04. The molecular formula is C29H29F3N4O2. The third kappa shape index (κ3) is 5.05. The van der Waals surface area contributed by atoms with Gasteiger partial charge in [0.25, 0.3) is 5.56 Å². The number of aryl methyl sites for hydroxylation is 1. The normalized spacial score (nSPS) is 13.8. The first kappa shape index (κ1) is 25.6. The largest absolute Gasteiger partial charge is 0.444 e. The van der Waals surface area contributed by atoms with Crippen LogP contribution in [0, 0.1) is 0 Å². The number of alkyl halides is 3. The highest BCUT2D eigenvalue weighted by Crippen LogP contribution is 2.37. The Morgan fingerprint density at radius 1 is 1.00 bits per heavy atom. The van der Waals surface area contributed by atoms with Gasteiger partial charge in [-0.1, -0.05) is 13.0 Å². The smallest absolute Gasteiger partial charge is 0.418 e. The summed E-state index contributed by atoms with van der Waals surface area (Å²) >= 11 is 0. The van der Waals surface area contributed by atoms with Crippen LogP contribution in [-0.4, -0.2) is 29.2 Å². The number of rotatable bonds is 7. The van der Waals surface area contributed by atoms with Gasteiger partial charge in [0.15, 0.2) is 12.2 Å². The number of nitrogens with one attached hydrogen (secondary N) is 1. The van der Waals surface area contributed by atoms with Gasteiger partial charge in [-0.3, -0.25) is 9.36 Å². The summed E-state index contributed by atoms with van der Waals surface area (Å²) in [6, 6.07) is 11.6. The summed E-state index contributed by atoms with van der Waals surface area (Å²) in [4.78, 5) is 19.6. The molecule has 1 saturated heterocycles. The Kier molecular flexibility index (Phi) is 7.01. The van der Waals surface area contributed by atoms with Gasteiger partial charge < -0.3 is 14.6 Å². The molecule has 3 heterocycles. The van der Waals surface area contributed by atoms with Gasteiger partial charge >= 0.3 is 6.18 Å². The summed E-state index contributed by atoms with van der Waals surface area (Å²) in [5.41, 5.74) is 2.50. The third-order valence-electron chi connectivity index (χ3n) is 6.85. The molecule has 38 heavy (non-hydrogen) atoms. The lowest BCUT2D eigenvalue weighted by molar-refractivity contribution is -0.137. The summed E-state index contributed by atoms with van der Waals surface area (Å²) in [5.74, 6) is 0.583. The molecule has 4 aromatic rings. The lowest BCUT2D eigenvalue weighted by atomic mass is 9.98. The lowest BCUT2D eigenvalue weighted by Gasteiger charge is -2.22. The first-order chi connectivity index (χ1) is 18.3. The first-order valence-electron chi connectivity index (χ1n) is 12.8. The number of nitrogens with zero attached hydrogens (tertiary/aromatic N) is 3. The zero-order valence-corrected chi connectivity index (χ0v) is 21.3. The Bertz CT molecular complexity index is 1490. The van der Waals surface area contributed by atoms with Crippen molar-refractivity contribution in [2.75, 3.05) is 29.9 Å². The highest BCUT2D eigenvalue weighted by molar-refractivity contribution is 5.74. The van der Waals surface area contributed by atoms with E-state index < -0.39 is 17.3 Å². The molecule has 0 aliphatic carbocycles. The van der Waals surface area contributed by atoms with Crippen molar-refractivity contribution in [3.05, 3.63) is 82.7 Å². The Balaban J connectivity index is 1.74. The fourth-order valence-electron chi connectivity index (χ4n) is 4.93. The summed E-state index contributed by atoms with van der Waals surface area (Å²) in [6.07, 6.45) is 2.54. The molecule has 0 radical (unpaired) electrons. The van der Waals surface area contributed by atoms with E-state index >= 15 is 0 Å². The topological polar surface area (TPSA) is 63.3 Å². The Labute approximate surface area is 218 Å². The maximum Gasteiger partial charge on any atom is 0.418 e. The van der Waals surface area contributed by atoms with E-state index in [1.165, 1.54) is 24.7 Å². The van der Waals surface area contributed by atoms with E-state index in [0.717, 1.165) is 59.7 Å². The molecule has 9 heteroatoms. The van der Waals surface area contributed by atoms with Crippen molar-refractivity contribution in [1.29, 1.82) is 0 Å². The van der Waals surface area contributed by atoms with E-state index in [1.54, 1.807) is 12.3 Å². The van der Waals surface area contributed by atoms with Crippen LogP contribution in [0.1, 0.15) is 37.8 Å².